The van der Waals surface area contributed by atoms with E-state index in [1.165, 1.54) is 24.3 Å². The van der Waals surface area contributed by atoms with Gasteiger partial charge < -0.3 is 19.7 Å². The second-order valence-electron chi connectivity index (χ2n) is 9.89. The average molecular weight is 613 g/mol. The summed E-state index contributed by atoms with van der Waals surface area (Å²) in [6.07, 6.45) is 0. The molecule has 228 valence electrons. The molecule has 45 heavy (non-hydrogen) atoms. The van der Waals surface area contributed by atoms with Gasteiger partial charge in [-0.1, -0.05) is 54.6 Å². The topological polar surface area (TPSA) is 161 Å². The Labute approximate surface area is 255 Å². The number of benzene rings is 4. The molecule has 0 spiro atoms. The minimum Gasteiger partial charge on any atom is -0.481 e. The molecule has 2 N–H and O–H groups in total. The van der Waals surface area contributed by atoms with Gasteiger partial charge in [-0.2, -0.15) is 0 Å². The van der Waals surface area contributed by atoms with Crippen LogP contribution in [0.4, 0.5) is 4.39 Å². The van der Waals surface area contributed by atoms with Crippen LogP contribution in [0.15, 0.2) is 78.9 Å². The van der Waals surface area contributed by atoms with Crippen LogP contribution in [0.5, 0.6) is 11.5 Å². The van der Waals surface area contributed by atoms with Crippen molar-refractivity contribution < 1.29 is 52.8 Å². The van der Waals surface area contributed by atoms with E-state index < -0.39 is 47.2 Å². The summed E-state index contributed by atoms with van der Waals surface area (Å²) in [7, 11) is 0. The Kier molecular flexibility index (Phi) is 9.32. The third-order valence-electron chi connectivity index (χ3n) is 6.77. The molecular weight excluding hydrogens is 587 g/mol. The van der Waals surface area contributed by atoms with Crippen LogP contribution in [0.25, 0.3) is 11.1 Å². The first-order valence-electron chi connectivity index (χ1n) is 13.4. The molecule has 1 aliphatic rings. The fourth-order valence-corrected chi connectivity index (χ4v) is 4.65. The molecule has 0 bridgehead atoms. The van der Waals surface area contributed by atoms with Crippen molar-refractivity contribution in [2.24, 2.45) is 0 Å². The van der Waals surface area contributed by atoms with Crippen molar-refractivity contribution in [2.75, 3.05) is 0 Å². The number of carboxylic acid groups (broad SMARTS) is 2. The first-order chi connectivity index (χ1) is 21.3. The van der Waals surface area contributed by atoms with Gasteiger partial charge in [0.1, 0.15) is 17.3 Å². The van der Waals surface area contributed by atoms with Gasteiger partial charge in [0.15, 0.2) is 5.78 Å². The Morgan fingerprint density at radius 1 is 0.689 bits per heavy atom. The molecule has 0 heterocycles. The maximum absolute atomic E-state index is 14.0. The smallest absolute Gasteiger partial charge is 0.335 e. The zero-order valence-electron chi connectivity index (χ0n) is 24.1. The molecule has 0 radical (unpaired) electrons. The summed E-state index contributed by atoms with van der Waals surface area (Å²) in [6.45, 7) is 3.76. The lowest BCUT2D eigenvalue weighted by molar-refractivity contribution is -0.138. The van der Waals surface area contributed by atoms with Gasteiger partial charge in [0.2, 0.25) is 5.78 Å². The van der Waals surface area contributed by atoms with Crippen LogP contribution in [-0.2, 0) is 14.4 Å². The van der Waals surface area contributed by atoms with Crippen molar-refractivity contribution >= 4 is 35.4 Å². The van der Waals surface area contributed by atoms with Crippen LogP contribution in [-0.4, -0.2) is 45.7 Å². The Balaban J connectivity index is 0.000000222. The van der Waals surface area contributed by atoms with Gasteiger partial charge in [0.25, 0.3) is 0 Å². The molecule has 1 aliphatic carbocycles. The Hall–Kier alpha value is -5.97. The monoisotopic (exact) mass is 612 g/mol. The Bertz CT molecular complexity index is 1880. The average Bonchev–Trinajstić information content (AvgIpc) is 2.99. The van der Waals surface area contributed by atoms with Gasteiger partial charge >= 0.3 is 23.9 Å². The quantitative estimate of drug-likeness (QED) is 0.180. The van der Waals surface area contributed by atoms with Gasteiger partial charge in [-0.05, 0) is 42.3 Å². The van der Waals surface area contributed by atoms with Gasteiger partial charge in [-0.25, -0.2) is 9.18 Å². The summed E-state index contributed by atoms with van der Waals surface area (Å²) in [6, 6.07) is 19.9. The highest BCUT2D eigenvalue weighted by atomic mass is 19.1. The summed E-state index contributed by atoms with van der Waals surface area (Å²) < 4.78 is 24.0. The molecule has 10 nitrogen and oxygen atoms in total. The number of halogens is 1. The molecule has 0 fully saturated rings. The molecule has 0 amide bonds. The van der Waals surface area contributed by atoms with E-state index in [9.17, 15) is 38.3 Å². The van der Waals surface area contributed by atoms with Crippen molar-refractivity contribution in [3.8, 4) is 22.6 Å². The lowest BCUT2D eigenvalue weighted by Gasteiger charge is -2.21. The highest BCUT2D eigenvalue weighted by Gasteiger charge is 2.36. The zero-order valence-corrected chi connectivity index (χ0v) is 24.1. The van der Waals surface area contributed by atoms with E-state index >= 15 is 0 Å². The molecule has 0 saturated heterocycles. The molecule has 5 rings (SSSR count). The van der Waals surface area contributed by atoms with Crippen LogP contribution in [0.3, 0.4) is 0 Å². The predicted molar refractivity (Wildman–Crippen MR) is 157 cm³/mol. The summed E-state index contributed by atoms with van der Waals surface area (Å²) in [5.41, 5.74) is 0.770. The minimum atomic E-state index is -1.36. The van der Waals surface area contributed by atoms with Gasteiger partial charge in [-0.15, -0.1) is 0 Å². The zero-order chi connectivity index (χ0) is 33.0. The van der Waals surface area contributed by atoms with E-state index in [1.54, 1.807) is 19.1 Å². The normalized spacial score (nSPS) is 12.1. The maximum Gasteiger partial charge on any atom is 0.335 e. The van der Waals surface area contributed by atoms with Crippen molar-refractivity contribution in [1.82, 2.24) is 0 Å². The van der Waals surface area contributed by atoms with Gasteiger partial charge in [0, 0.05) is 30.5 Å². The molecule has 1 atom stereocenters. The van der Waals surface area contributed by atoms with Crippen LogP contribution < -0.4 is 9.47 Å². The number of aliphatic carboxylic acids is 1. The Morgan fingerprint density at radius 3 is 1.89 bits per heavy atom. The maximum atomic E-state index is 14.0. The summed E-state index contributed by atoms with van der Waals surface area (Å²) in [5.74, 6) is -6.72. The highest BCUT2D eigenvalue weighted by Crippen LogP contribution is 2.38. The van der Waals surface area contributed by atoms with Crippen molar-refractivity contribution in [2.45, 2.75) is 26.7 Å². The van der Waals surface area contributed by atoms with E-state index in [1.807, 2.05) is 30.3 Å². The number of carbonyl (C=O) groups is 6. The number of ketones is 2. The SMILES string of the molecule is CC(=O)Oc1cccc2c1C(=O)c1c(OC(C)=O)cc(C(=O)O)cc1C2=O.CC(C(=O)O)c1ccc(-c2ccccc2)c(F)c1. The Morgan fingerprint density at radius 2 is 1.31 bits per heavy atom. The second-order valence-corrected chi connectivity index (χ2v) is 9.89. The largest absolute Gasteiger partial charge is 0.481 e. The number of fused-ring (bicyclic) bond motifs is 2. The number of hydrogen-bond acceptors (Lipinski definition) is 8. The fourth-order valence-electron chi connectivity index (χ4n) is 4.65. The predicted octanol–water partition coefficient (Wildman–Crippen LogP) is 5.69. The molecule has 0 aliphatic heterocycles. The summed E-state index contributed by atoms with van der Waals surface area (Å²) in [4.78, 5) is 70.8. The molecule has 4 aromatic carbocycles. The molecule has 0 saturated carbocycles. The molecule has 0 aromatic heterocycles. The lowest BCUT2D eigenvalue weighted by atomic mass is 9.82. The van der Waals surface area contributed by atoms with Crippen LogP contribution in [0, 0.1) is 5.82 Å². The molecule has 4 aromatic rings. The summed E-state index contributed by atoms with van der Waals surface area (Å²) >= 11 is 0. The van der Waals surface area contributed by atoms with Crippen molar-refractivity contribution in [1.29, 1.82) is 0 Å². The van der Waals surface area contributed by atoms with Crippen LogP contribution in [0.2, 0.25) is 0 Å². The van der Waals surface area contributed by atoms with E-state index in [4.69, 9.17) is 14.6 Å². The van der Waals surface area contributed by atoms with Crippen LogP contribution in [0.1, 0.15) is 74.5 Å². The van der Waals surface area contributed by atoms with Crippen molar-refractivity contribution in [3.05, 3.63) is 118 Å². The molecular formula is C34H25FO10. The summed E-state index contributed by atoms with van der Waals surface area (Å²) in [5, 5.41) is 18.1. The molecule has 11 heteroatoms. The number of esters is 2. The first kappa shape index (κ1) is 32.0. The number of carboxylic acids is 2. The molecule has 1 unspecified atom stereocenters. The number of aromatic carboxylic acids is 1. The lowest BCUT2D eigenvalue weighted by Crippen LogP contribution is -2.24. The third kappa shape index (κ3) is 6.83. The first-order valence-corrected chi connectivity index (χ1v) is 13.4. The fraction of sp³-hybridized carbons (Fsp3) is 0.118. The standard InChI is InChI=1S/C19H12O8.C15H13FO2/c1-8(20)26-13-5-3-4-11-15(13)18(23)16-12(17(11)22)6-10(19(24)25)7-14(16)27-9(2)21;1-10(15(17)18)12-7-8-13(14(16)9-12)11-5-3-2-4-6-11/h3-7H,1-2H3,(H,24,25);2-10H,1H3,(H,17,18). The van der Waals surface area contributed by atoms with E-state index in [2.05, 4.69) is 0 Å². The van der Waals surface area contributed by atoms with E-state index in [0.717, 1.165) is 31.5 Å². The highest BCUT2D eigenvalue weighted by molar-refractivity contribution is 6.30. The third-order valence-corrected chi connectivity index (χ3v) is 6.77. The van der Waals surface area contributed by atoms with Crippen LogP contribution >= 0.6 is 0 Å². The van der Waals surface area contributed by atoms with Gasteiger partial charge in [0.05, 0.1) is 22.6 Å². The minimum absolute atomic E-state index is 0.0393. The van der Waals surface area contributed by atoms with Crippen molar-refractivity contribution in [3.63, 3.8) is 0 Å². The van der Waals surface area contributed by atoms with E-state index in [-0.39, 0.29) is 39.3 Å². The van der Waals surface area contributed by atoms with Gasteiger partial charge in [-0.3, -0.25) is 24.0 Å². The number of rotatable bonds is 6. The second kappa shape index (κ2) is 13.1. The number of ether oxygens (including phenoxy) is 2. The number of hydrogen-bond donors (Lipinski definition) is 2. The number of carbonyl (C=O) groups excluding carboxylic acids is 4. The van der Waals surface area contributed by atoms with E-state index in [0.29, 0.717) is 11.1 Å².